The second-order valence-electron chi connectivity index (χ2n) is 17.9. The molecule has 0 aliphatic rings. The zero-order chi connectivity index (χ0) is 43.7. The van der Waals surface area contributed by atoms with E-state index < -0.39 is 12.1 Å². The molecule has 0 aromatic heterocycles. The first kappa shape index (κ1) is 58.1. The van der Waals surface area contributed by atoms with Gasteiger partial charge in [-0.25, -0.2) is 0 Å². The monoisotopic (exact) mass is 844 g/mol. The summed E-state index contributed by atoms with van der Waals surface area (Å²) in [6.45, 7) is 4.83. The number of unbranched alkanes of at least 4 members (excludes halogenated alkanes) is 33. The van der Waals surface area contributed by atoms with Crippen molar-refractivity contribution in [3.8, 4) is 0 Å². The van der Waals surface area contributed by atoms with Crippen molar-refractivity contribution < 1.29 is 24.5 Å². The normalized spacial score (nSPS) is 12.9. The molecule has 0 saturated carbocycles. The van der Waals surface area contributed by atoms with E-state index in [0.717, 1.165) is 64.2 Å². The van der Waals surface area contributed by atoms with Crippen LogP contribution in [0.15, 0.2) is 36.5 Å². The molecule has 6 nitrogen and oxygen atoms in total. The quantitative estimate of drug-likeness (QED) is 0.0322. The molecule has 0 spiro atoms. The first-order valence-corrected chi connectivity index (χ1v) is 26.3. The van der Waals surface area contributed by atoms with Gasteiger partial charge in [0.15, 0.2) is 0 Å². The van der Waals surface area contributed by atoms with E-state index in [1.54, 1.807) is 6.08 Å². The van der Waals surface area contributed by atoms with Gasteiger partial charge in [0.2, 0.25) is 5.91 Å². The van der Waals surface area contributed by atoms with E-state index in [4.69, 9.17) is 4.74 Å². The number of rotatable bonds is 48. The molecule has 0 aliphatic heterocycles. The Morgan fingerprint density at radius 1 is 0.467 bits per heavy atom. The second kappa shape index (κ2) is 49.7. The third-order valence-electron chi connectivity index (χ3n) is 11.9. The maximum absolute atomic E-state index is 12.4. The Labute approximate surface area is 373 Å². The lowest BCUT2D eigenvalue weighted by molar-refractivity contribution is -0.143. The van der Waals surface area contributed by atoms with Crippen LogP contribution >= 0.6 is 0 Å². The molecule has 2 unspecified atom stereocenters. The maximum Gasteiger partial charge on any atom is 0.305 e. The van der Waals surface area contributed by atoms with E-state index in [-0.39, 0.29) is 18.5 Å². The minimum absolute atomic E-state index is 0.0232. The molecule has 0 aromatic rings. The molecule has 3 N–H and O–H groups in total. The molecular weight excluding hydrogens is 743 g/mol. The van der Waals surface area contributed by atoms with Gasteiger partial charge in [-0.2, -0.15) is 0 Å². The van der Waals surface area contributed by atoms with Crippen LogP contribution in [-0.2, 0) is 14.3 Å². The molecule has 6 heteroatoms. The zero-order valence-corrected chi connectivity index (χ0v) is 39.9. The van der Waals surface area contributed by atoms with Crippen molar-refractivity contribution in [1.29, 1.82) is 0 Å². The summed E-state index contributed by atoms with van der Waals surface area (Å²) in [6.07, 6.45) is 59.9. The van der Waals surface area contributed by atoms with E-state index in [1.807, 2.05) is 6.08 Å². The van der Waals surface area contributed by atoms with Crippen molar-refractivity contribution in [3.05, 3.63) is 36.5 Å². The van der Waals surface area contributed by atoms with E-state index in [2.05, 4.69) is 43.5 Å². The van der Waals surface area contributed by atoms with Crippen LogP contribution in [0.5, 0.6) is 0 Å². The molecule has 0 bridgehead atoms. The molecule has 0 aromatic carbocycles. The summed E-state index contributed by atoms with van der Waals surface area (Å²) in [5.74, 6) is -0.111. The van der Waals surface area contributed by atoms with Crippen LogP contribution in [0.25, 0.3) is 0 Å². The second-order valence-corrected chi connectivity index (χ2v) is 17.9. The number of aliphatic hydroxyl groups is 2. The van der Waals surface area contributed by atoms with Gasteiger partial charge < -0.3 is 20.3 Å². The van der Waals surface area contributed by atoms with Gasteiger partial charge in [0.05, 0.1) is 25.4 Å². The zero-order valence-electron chi connectivity index (χ0n) is 39.9. The van der Waals surface area contributed by atoms with Crippen LogP contribution in [0.2, 0.25) is 0 Å². The summed E-state index contributed by atoms with van der Waals surface area (Å²) in [7, 11) is 0. The summed E-state index contributed by atoms with van der Waals surface area (Å²) >= 11 is 0. The van der Waals surface area contributed by atoms with Gasteiger partial charge in [0.25, 0.3) is 0 Å². The van der Waals surface area contributed by atoms with Crippen molar-refractivity contribution in [1.82, 2.24) is 5.32 Å². The van der Waals surface area contributed by atoms with Crippen LogP contribution in [0.4, 0.5) is 0 Å². The molecule has 0 rings (SSSR count). The summed E-state index contributed by atoms with van der Waals surface area (Å²) in [4.78, 5) is 24.5. The fraction of sp³-hybridized carbons (Fsp3) is 0.852. The number of hydrogen-bond acceptors (Lipinski definition) is 5. The third kappa shape index (κ3) is 45.6. The van der Waals surface area contributed by atoms with Gasteiger partial charge in [-0.15, -0.1) is 0 Å². The van der Waals surface area contributed by atoms with E-state index >= 15 is 0 Å². The molecule has 1 amide bonds. The number of nitrogens with one attached hydrogen (secondary N) is 1. The molecule has 0 saturated heterocycles. The predicted molar refractivity (Wildman–Crippen MR) is 259 cm³/mol. The van der Waals surface area contributed by atoms with Gasteiger partial charge in [-0.1, -0.05) is 230 Å². The number of amides is 1. The smallest absolute Gasteiger partial charge is 0.305 e. The van der Waals surface area contributed by atoms with E-state index in [0.29, 0.717) is 19.4 Å². The van der Waals surface area contributed by atoms with Crippen molar-refractivity contribution in [2.45, 2.75) is 283 Å². The van der Waals surface area contributed by atoms with Gasteiger partial charge in [0, 0.05) is 12.8 Å². The average molecular weight is 844 g/mol. The number of ether oxygens (including phenoxy) is 1. The highest BCUT2D eigenvalue weighted by atomic mass is 16.5. The highest BCUT2D eigenvalue weighted by Crippen LogP contribution is 2.15. The Bertz CT molecular complexity index is 977. The topological polar surface area (TPSA) is 95.9 Å². The minimum atomic E-state index is -0.857. The number of carbonyl (C=O) groups excluding carboxylic acids is 2. The van der Waals surface area contributed by atoms with Crippen LogP contribution < -0.4 is 5.32 Å². The number of esters is 1. The Hall–Kier alpha value is -1.92. The number of hydrogen-bond donors (Lipinski definition) is 3. The first-order valence-electron chi connectivity index (χ1n) is 26.3. The molecule has 0 heterocycles. The van der Waals surface area contributed by atoms with E-state index in [9.17, 15) is 19.8 Å². The summed E-state index contributed by atoms with van der Waals surface area (Å²) < 4.78 is 5.46. The molecule has 2 atom stereocenters. The number of allylic oxidation sites excluding steroid dienone is 5. The fourth-order valence-corrected chi connectivity index (χ4v) is 7.84. The molecule has 0 aliphatic carbocycles. The fourth-order valence-electron chi connectivity index (χ4n) is 7.84. The van der Waals surface area contributed by atoms with E-state index in [1.165, 1.54) is 180 Å². The molecular formula is C54H101NO5. The Morgan fingerprint density at radius 3 is 1.28 bits per heavy atom. The minimum Gasteiger partial charge on any atom is -0.466 e. The lowest BCUT2D eigenvalue weighted by atomic mass is 10.0. The summed E-state index contributed by atoms with van der Waals surface area (Å²) in [5.41, 5.74) is 0. The standard InChI is InChI=1S/C54H101NO5/c1-3-5-7-9-11-13-15-17-19-20-21-22-24-28-32-36-40-44-48-54(59)60-49-45-41-37-33-29-25-27-31-35-39-43-47-53(58)55-51(50-56)52(57)46-42-38-34-30-26-23-18-16-14-12-10-8-6-4-2/h13,15,19-20,42,46,51-52,56-57H,3-12,14,16-18,21-41,43-45,47-50H2,1-2H3,(H,55,58)/b15-13-,20-19-,46-42+. The maximum atomic E-state index is 12.4. The number of carbonyl (C=O) groups is 2. The third-order valence-corrected chi connectivity index (χ3v) is 11.9. The van der Waals surface area contributed by atoms with Crippen LogP contribution in [-0.4, -0.2) is 47.4 Å². The van der Waals surface area contributed by atoms with Gasteiger partial charge in [-0.05, 0) is 64.2 Å². The SMILES string of the molecule is CCCCCC/C=C\C/C=C\CCCCCCCCCC(=O)OCCCCCCCCCCCCCC(=O)NC(CO)C(O)/C=C/CCCCCCCCCCCCCC. The molecule has 60 heavy (non-hydrogen) atoms. The van der Waals surface area contributed by atoms with Crippen LogP contribution in [0, 0.1) is 0 Å². The van der Waals surface area contributed by atoms with Crippen molar-refractivity contribution in [2.75, 3.05) is 13.2 Å². The van der Waals surface area contributed by atoms with Crippen LogP contribution in [0.1, 0.15) is 271 Å². The summed E-state index contributed by atoms with van der Waals surface area (Å²) in [5, 5.41) is 23.0. The lowest BCUT2D eigenvalue weighted by Gasteiger charge is -2.20. The first-order chi connectivity index (χ1) is 29.5. The highest BCUT2D eigenvalue weighted by molar-refractivity contribution is 5.76. The number of aliphatic hydroxyl groups excluding tert-OH is 2. The lowest BCUT2D eigenvalue weighted by Crippen LogP contribution is -2.45. The van der Waals surface area contributed by atoms with Gasteiger partial charge in [0.1, 0.15) is 0 Å². The largest absolute Gasteiger partial charge is 0.466 e. The van der Waals surface area contributed by atoms with Crippen molar-refractivity contribution >= 4 is 11.9 Å². The van der Waals surface area contributed by atoms with Crippen molar-refractivity contribution in [2.24, 2.45) is 0 Å². The predicted octanol–water partition coefficient (Wildman–Crippen LogP) is 15.7. The molecule has 0 fully saturated rings. The Balaban J connectivity index is 3.50. The Morgan fingerprint density at radius 2 is 0.833 bits per heavy atom. The van der Waals surface area contributed by atoms with Crippen molar-refractivity contribution in [3.63, 3.8) is 0 Å². The molecule has 352 valence electrons. The summed E-state index contributed by atoms with van der Waals surface area (Å²) in [6, 6.07) is -0.642. The Kier molecular flexibility index (Phi) is 48.1. The van der Waals surface area contributed by atoms with Gasteiger partial charge in [-0.3, -0.25) is 9.59 Å². The van der Waals surface area contributed by atoms with Gasteiger partial charge >= 0.3 is 5.97 Å². The average Bonchev–Trinajstić information content (AvgIpc) is 3.25. The van der Waals surface area contributed by atoms with Crippen LogP contribution in [0.3, 0.4) is 0 Å². The molecule has 0 radical (unpaired) electrons. The highest BCUT2D eigenvalue weighted by Gasteiger charge is 2.18.